The molecule has 0 amide bonds. The van der Waals surface area contributed by atoms with Crippen LogP contribution in [-0.4, -0.2) is 128 Å². The van der Waals surface area contributed by atoms with Gasteiger partial charge >= 0.3 is 35.8 Å². The standard InChI is InChI=1S/C33H42O18/c1-15(34)44-13-23-26(46-17(3)36)27(47-18(4)37)28(48-19(5)38)32(49-23)51-31-24-22(11-12-43-31)25(29(39)33(24,41)14-45-16(2)35)50-30(40)20-7-9-21(42-6)10-8-20/h7-10,22-29,31-32,39,41H,11-14H2,1-6H3. The highest BCUT2D eigenvalue weighted by atomic mass is 16.8. The molecule has 2 N–H and O–H groups in total. The van der Waals surface area contributed by atoms with Gasteiger partial charge in [-0.25, -0.2) is 4.79 Å². The number of fused-ring (bicyclic) bond motifs is 1. The van der Waals surface area contributed by atoms with Crippen LogP contribution in [0.25, 0.3) is 0 Å². The SMILES string of the molecule is COc1ccc(C(=O)OC2C3CCOC(OC4OC(COC(C)=O)C(OC(C)=O)C(OC(C)=O)C4OC(C)=O)C3C(O)(COC(C)=O)C2O)cc1. The van der Waals surface area contributed by atoms with E-state index < -0.39 is 116 Å². The molecule has 11 atom stereocenters. The molecule has 1 aromatic rings. The summed E-state index contributed by atoms with van der Waals surface area (Å²) in [7, 11) is 1.46. The zero-order valence-corrected chi connectivity index (χ0v) is 28.8. The molecular weight excluding hydrogens is 684 g/mol. The molecule has 0 aromatic heterocycles. The van der Waals surface area contributed by atoms with Crippen molar-refractivity contribution in [3.05, 3.63) is 29.8 Å². The van der Waals surface area contributed by atoms with E-state index in [1.54, 1.807) is 0 Å². The number of carbonyl (C=O) groups excluding carboxylic acids is 6. The van der Waals surface area contributed by atoms with Crippen LogP contribution in [0.1, 0.15) is 51.4 Å². The van der Waals surface area contributed by atoms with E-state index in [-0.39, 0.29) is 18.6 Å². The molecule has 18 nitrogen and oxygen atoms in total. The maximum Gasteiger partial charge on any atom is 0.338 e. The Balaban J connectivity index is 1.71. The van der Waals surface area contributed by atoms with Crippen LogP contribution in [0.2, 0.25) is 0 Å². The van der Waals surface area contributed by atoms with Crippen molar-refractivity contribution < 1.29 is 86.3 Å². The van der Waals surface area contributed by atoms with E-state index in [9.17, 15) is 39.0 Å². The lowest BCUT2D eigenvalue weighted by Crippen LogP contribution is -2.64. The Bertz CT molecular complexity index is 1450. The number of carbonyl (C=O) groups is 6. The van der Waals surface area contributed by atoms with E-state index in [2.05, 4.69) is 0 Å². The van der Waals surface area contributed by atoms with Gasteiger partial charge in [-0.2, -0.15) is 0 Å². The lowest BCUT2D eigenvalue weighted by Gasteiger charge is -2.47. The maximum atomic E-state index is 13.2. The van der Waals surface area contributed by atoms with Gasteiger partial charge in [0.05, 0.1) is 25.2 Å². The van der Waals surface area contributed by atoms with Gasteiger partial charge in [-0.3, -0.25) is 24.0 Å². The second-order valence-corrected chi connectivity index (χ2v) is 12.2. The number of benzene rings is 1. The number of hydrogen-bond acceptors (Lipinski definition) is 18. The van der Waals surface area contributed by atoms with Crippen molar-refractivity contribution >= 4 is 35.8 Å². The van der Waals surface area contributed by atoms with E-state index in [0.717, 1.165) is 34.6 Å². The Labute approximate surface area is 292 Å². The molecule has 3 fully saturated rings. The number of ether oxygens (including phenoxy) is 10. The number of aliphatic hydroxyl groups is 2. The minimum absolute atomic E-state index is 0.0654. The van der Waals surface area contributed by atoms with Gasteiger partial charge in [-0.1, -0.05) is 0 Å². The normalized spacial score (nSPS) is 32.8. The summed E-state index contributed by atoms with van der Waals surface area (Å²) < 4.78 is 55.6. The van der Waals surface area contributed by atoms with Crippen LogP contribution in [0.4, 0.5) is 0 Å². The lowest BCUT2D eigenvalue weighted by molar-refractivity contribution is -0.361. The molecule has 3 aliphatic rings. The van der Waals surface area contributed by atoms with E-state index in [1.807, 2.05) is 0 Å². The molecule has 1 aliphatic carbocycles. The number of aliphatic hydroxyl groups excluding tert-OH is 1. The fourth-order valence-corrected chi connectivity index (χ4v) is 6.52. The van der Waals surface area contributed by atoms with Crippen molar-refractivity contribution in [2.75, 3.05) is 26.9 Å². The molecule has 18 heteroatoms. The first-order valence-electron chi connectivity index (χ1n) is 16.0. The first-order valence-corrected chi connectivity index (χ1v) is 16.0. The van der Waals surface area contributed by atoms with Crippen LogP contribution in [0.5, 0.6) is 5.75 Å². The maximum absolute atomic E-state index is 13.2. The van der Waals surface area contributed by atoms with E-state index in [0.29, 0.717) is 5.75 Å². The largest absolute Gasteiger partial charge is 0.497 e. The summed E-state index contributed by atoms with van der Waals surface area (Å²) in [5.41, 5.74) is -2.22. The van der Waals surface area contributed by atoms with Gasteiger partial charge in [0.25, 0.3) is 0 Å². The molecule has 0 radical (unpaired) electrons. The number of esters is 6. The topological polar surface area (TPSA) is 235 Å². The van der Waals surface area contributed by atoms with Crippen LogP contribution < -0.4 is 4.74 Å². The third kappa shape index (κ3) is 9.31. The van der Waals surface area contributed by atoms with Crippen LogP contribution in [-0.2, 0) is 66.6 Å². The second-order valence-electron chi connectivity index (χ2n) is 12.2. The van der Waals surface area contributed by atoms with Gasteiger partial charge in [0.2, 0.25) is 6.29 Å². The zero-order chi connectivity index (χ0) is 37.6. The smallest absolute Gasteiger partial charge is 0.338 e. The van der Waals surface area contributed by atoms with E-state index >= 15 is 0 Å². The quantitative estimate of drug-likeness (QED) is 0.212. The van der Waals surface area contributed by atoms with Gasteiger partial charge in [-0.15, -0.1) is 0 Å². The highest BCUT2D eigenvalue weighted by Gasteiger charge is 2.66. The fourth-order valence-electron chi connectivity index (χ4n) is 6.52. The number of hydrogen-bond donors (Lipinski definition) is 2. The summed E-state index contributed by atoms with van der Waals surface area (Å²) in [5, 5.41) is 23.6. The monoisotopic (exact) mass is 726 g/mol. The molecule has 51 heavy (non-hydrogen) atoms. The molecule has 1 aromatic carbocycles. The Hall–Kier alpha value is -4.36. The summed E-state index contributed by atoms with van der Waals surface area (Å²) in [6.07, 6.45) is -12.4. The Kier molecular flexibility index (Phi) is 13.0. The van der Waals surface area contributed by atoms with E-state index in [1.165, 1.54) is 31.4 Å². The first-order chi connectivity index (χ1) is 24.0. The minimum atomic E-state index is -2.34. The van der Waals surface area contributed by atoms with Crippen LogP contribution in [0.3, 0.4) is 0 Å². The van der Waals surface area contributed by atoms with Crippen LogP contribution in [0, 0.1) is 11.8 Å². The van der Waals surface area contributed by atoms with Crippen molar-refractivity contribution in [2.24, 2.45) is 11.8 Å². The lowest BCUT2D eigenvalue weighted by atomic mass is 9.82. The Morgan fingerprint density at radius 2 is 1.35 bits per heavy atom. The van der Waals surface area contributed by atoms with Gasteiger partial charge in [0.15, 0.2) is 24.6 Å². The molecule has 2 heterocycles. The molecule has 2 saturated heterocycles. The Morgan fingerprint density at radius 1 is 0.765 bits per heavy atom. The van der Waals surface area contributed by atoms with Crippen molar-refractivity contribution in [1.82, 2.24) is 0 Å². The molecular formula is C33H42O18. The zero-order valence-electron chi connectivity index (χ0n) is 28.8. The van der Waals surface area contributed by atoms with Gasteiger partial charge in [0, 0.05) is 40.5 Å². The predicted octanol–water partition coefficient (Wildman–Crippen LogP) is -0.0322. The molecule has 1 saturated carbocycles. The molecule has 282 valence electrons. The van der Waals surface area contributed by atoms with E-state index in [4.69, 9.17) is 47.4 Å². The van der Waals surface area contributed by atoms with Crippen LogP contribution >= 0.6 is 0 Å². The first kappa shape index (κ1) is 39.4. The van der Waals surface area contributed by atoms with Gasteiger partial charge in [-0.05, 0) is 30.7 Å². The molecule has 0 bridgehead atoms. The van der Waals surface area contributed by atoms with Crippen molar-refractivity contribution in [2.45, 2.75) is 95.8 Å². The molecule has 11 unspecified atom stereocenters. The Morgan fingerprint density at radius 3 is 1.92 bits per heavy atom. The third-order valence-electron chi connectivity index (χ3n) is 8.60. The van der Waals surface area contributed by atoms with Crippen molar-refractivity contribution in [3.63, 3.8) is 0 Å². The third-order valence-corrected chi connectivity index (χ3v) is 8.60. The minimum Gasteiger partial charge on any atom is -0.497 e. The fraction of sp³-hybridized carbons (Fsp3) is 0.636. The summed E-state index contributed by atoms with van der Waals surface area (Å²) in [5.74, 6) is -6.62. The second kappa shape index (κ2) is 16.8. The number of rotatable bonds is 12. The molecule has 4 rings (SSSR count). The van der Waals surface area contributed by atoms with Crippen molar-refractivity contribution in [1.29, 1.82) is 0 Å². The average Bonchev–Trinajstić information content (AvgIpc) is 3.27. The summed E-state index contributed by atoms with van der Waals surface area (Å²) >= 11 is 0. The average molecular weight is 727 g/mol. The molecule has 0 spiro atoms. The highest BCUT2D eigenvalue weighted by molar-refractivity contribution is 5.89. The summed E-state index contributed by atoms with van der Waals surface area (Å²) in [6, 6.07) is 5.97. The molecule has 2 aliphatic heterocycles. The van der Waals surface area contributed by atoms with Gasteiger partial charge < -0.3 is 57.6 Å². The van der Waals surface area contributed by atoms with Gasteiger partial charge in [0.1, 0.15) is 42.9 Å². The highest BCUT2D eigenvalue weighted by Crippen LogP contribution is 2.50. The number of methoxy groups -OCH3 is 1. The van der Waals surface area contributed by atoms with Crippen molar-refractivity contribution in [3.8, 4) is 5.75 Å². The summed E-state index contributed by atoms with van der Waals surface area (Å²) in [4.78, 5) is 73.5. The summed E-state index contributed by atoms with van der Waals surface area (Å²) in [6.45, 7) is 4.01. The predicted molar refractivity (Wildman–Crippen MR) is 164 cm³/mol. The van der Waals surface area contributed by atoms with Crippen LogP contribution in [0.15, 0.2) is 24.3 Å².